The van der Waals surface area contributed by atoms with Crippen LogP contribution in [0.4, 0.5) is 0 Å². The van der Waals surface area contributed by atoms with Crippen LogP contribution in [0.2, 0.25) is 0 Å². The SMILES string of the molecule is COc1cc2oc(C(=O)c3cc(OC)c(OC)c(OC)c3)cc2cc1/C=C/c1ccccc1Br. The van der Waals surface area contributed by atoms with Gasteiger partial charge in [0.05, 0.1) is 28.4 Å². The summed E-state index contributed by atoms with van der Waals surface area (Å²) in [5.41, 5.74) is 2.80. The largest absolute Gasteiger partial charge is 0.496 e. The molecule has 34 heavy (non-hydrogen) atoms. The summed E-state index contributed by atoms with van der Waals surface area (Å²) in [4.78, 5) is 13.2. The highest BCUT2D eigenvalue weighted by molar-refractivity contribution is 9.10. The standard InChI is InChI=1S/C27H23BrO6/c1-30-21-15-22-18(11-17(21)10-9-16-7-5-6-8-20(16)28)12-23(34-22)26(29)19-13-24(31-2)27(33-4)25(14-19)32-3/h5-15H,1-4H3/b10-9+. The molecule has 3 aromatic carbocycles. The molecule has 0 spiro atoms. The zero-order chi connectivity index (χ0) is 24.2. The first-order valence-corrected chi connectivity index (χ1v) is 11.2. The maximum absolute atomic E-state index is 13.2. The van der Waals surface area contributed by atoms with Gasteiger partial charge in [0.15, 0.2) is 17.3 Å². The number of benzene rings is 3. The fourth-order valence-electron chi connectivity index (χ4n) is 3.65. The van der Waals surface area contributed by atoms with Crippen LogP contribution in [0, 0.1) is 0 Å². The Morgan fingerprint density at radius 2 is 1.44 bits per heavy atom. The van der Waals surface area contributed by atoms with Gasteiger partial charge in [-0.25, -0.2) is 0 Å². The van der Waals surface area contributed by atoms with Crippen molar-refractivity contribution >= 4 is 44.8 Å². The molecule has 0 saturated carbocycles. The molecule has 0 atom stereocenters. The van der Waals surface area contributed by atoms with Gasteiger partial charge in [0.25, 0.3) is 0 Å². The zero-order valence-electron chi connectivity index (χ0n) is 19.2. The second kappa shape index (κ2) is 10.1. The Morgan fingerprint density at radius 1 is 0.794 bits per heavy atom. The number of carbonyl (C=O) groups excluding carboxylic acids is 1. The normalized spacial score (nSPS) is 11.1. The summed E-state index contributed by atoms with van der Waals surface area (Å²) in [6.07, 6.45) is 3.96. The Kier molecular flexibility index (Phi) is 6.93. The van der Waals surface area contributed by atoms with Crippen molar-refractivity contribution in [3.05, 3.63) is 81.5 Å². The molecule has 0 aliphatic rings. The van der Waals surface area contributed by atoms with Crippen LogP contribution in [0.15, 0.2) is 63.5 Å². The molecule has 4 aromatic rings. The van der Waals surface area contributed by atoms with Gasteiger partial charge in [-0.15, -0.1) is 0 Å². The summed E-state index contributed by atoms with van der Waals surface area (Å²) in [6.45, 7) is 0. The van der Waals surface area contributed by atoms with Crippen LogP contribution in [0.3, 0.4) is 0 Å². The fourth-order valence-corrected chi connectivity index (χ4v) is 4.07. The van der Waals surface area contributed by atoms with Crippen molar-refractivity contribution in [1.29, 1.82) is 0 Å². The van der Waals surface area contributed by atoms with Crippen molar-refractivity contribution in [1.82, 2.24) is 0 Å². The van der Waals surface area contributed by atoms with Crippen molar-refractivity contribution < 1.29 is 28.2 Å². The molecule has 0 N–H and O–H groups in total. The lowest BCUT2D eigenvalue weighted by Gasteiger charge is -2.13. The van der Waals surface area contributed by atoms with Gasteiger partial charge in [0.2, 0.25) is 11.5 Å². The summed E-state index contributed by atoms with van der Waals surface area (Å²) in [5, 5.41) is 0.781. The van der Waals surface area contributed by atoms with Crippen LogP contribution >= 0.6 is 15.9 Å². The maximum atomic E-state index is 13.2. The minimum atomic E-state index is -0.306. The van der Waals surface area contributed by atoms with E-state index in [2.05, 4.69) is 15.9 Å². The number of carbonyl (C=O) groups is 1. The van der Waals surface area contributed by atoms with Crippen LogP contribution in [0.25, 0.3) is 23.1 Å². The third-order valence-electron chi connectivity index (χ3n) is 5.37. The highest BCUT2D eigenvalue weighted by Gasteiger charge is 2.21. The van der Waals surface area contributed by atoms with Crippen LogP contribution in [0.5, 0.6) is 23.0 Å². The van der Waals surface area contributed by atoms with Gasteiger partial charge >= 0.3 is 0 Å². The van der Waals surface area contributed by atoms with E-state index >= 15 is 0 Å². The van der Waals surface area contributed by atoms with Crippen molar-refractivity contribution in [2.24, 2.45) is 0 Å². The lowest BCUT2D eigenvalue weighted by atomic mass is 10.1. The van der Waals surface area contributed by atoms with Crippen LogP contribution in [-0.4, -0.2) is 34.2 Å². The molecule has 0 aliphatic carbocycles. The highest BCUT2D eigenvalue weighted by atomic mass is 79.9. The van der Waals surface area contributed by atoms with E-state index in [1.54, 1.807) is 31.4 Å². The van der Waals surface area contributed by atoms with Gasteiger partial charge in [-0.2, -0.15) is 0 Å². The van der Waals surface area contributed by atoms with E-state index in [4.69, 9.17) is 23.4 Å². The molecule has 0 bridgehead atoms. The predicted octanol–water partition coefficient (Wildman–Crippen LogP) is 6.63. The van der Waals surface area contributed by atoms with E-state index < -0.39 is 0 Å². The van der Waals surface area contributed by atoms with Gasteiger partial charge in [-0.3, -0.25) is 4.79 Å². The molecule has 0 radical (unpaired) electrons. The molecule has 0 saturated heterocycles. The predicted molar refractivity (Wildman–Crippen MR) is 135 cm³/mol. The Hall–Kier alpha value is -3.71. The first kappa shape index (κ1) is 23.4. The second-order valence-electron chi connectivity index (χ2n) is 7.34. The average Bonchev–Trinajstić information content (AvgIpc) is 3.29. The number of furan rings is 1. The molecule has 6 nitrogen and oxygen atoms in total. The van der Waals surface area contributed by atoms with E-state index in [0.717, 1.165) is 21.0 Å². The van der Waals surface area contributed by atoms with Crippen LogP contribution in [0.1, 0.15) is 27.2 Å². The zero-order valence-corrected chi connectivity index (χ0v) is 20.8. The van der Waals surface area contributed by atoms with Gasteiger partial charge in [-0.05, 0) is 35.9 Å². The molecular weight excluding hydrogens is 500 g/mol. The quantitative estimate of drug-likeness (QED) is 0.191. The number of ether oxygens (including phenoxy) is 4. The van der Waals surface area contributed by atoms with Gasteiger partial charge in [-0.1, -0.05) is 46.3 Å². The Morgan fingerprint density at radius 3 is 2.06 bits per heavy atom. The highest BCUT2D eigenvalue weighted by Crippen LogP contribution is 2.39. The van der Waals surface area contributed by atoms with E-state index in [0.29, 0.717) is 34.1 Å². The first-order chi connectivity index (χ1) is 16.5. The summed E-state index contributed by atoms with van der Waals surface area (Å²) in [5.74, 6) is 1.72. The number of rotatable bonds is 8. The maximum Gasteiger partial charge on any atom is 0.228 e. The number of halogens is 1. The number of hydrogen-bond acceptors (Lipinski definition) is 6. The van der Waals surface area contributed by atoms with E-state index in [1.165, 1.54) is 21.3 Å². The average molecular weight is 523 g/mol. The summed E-state index contributed by atoms with van der Waals surface area (Å²) < 4.78 is 28.5. The van der Waals surface area contributed by atoms with Crippen molar-refractivity contribution in [2.45, 2.75) is 0 Å². The molecule has 0 aliphatic heterocycles. The lowest BCUT2D eigenvalue weighted by molar-refractivity contribution is 0.101. The minimum absolute atomic E-state index is 0.193. The van der Waals surface area contributed by atoms with Crippen molar-refractivity contribution in [2.75, 3.05) is 28.4 Å². The molecule has 4 rings (SSSR count). The number of fused-ring (bicyclic) bond motifs is 1. The van der Waals surface area contributed by atoms with Crippen LogP contribution < -0.4 is 18.9 Å². The molecule has 1 aromatic heterocycles. The Labute approximate surface area is 205 Å². The van der Waals surface area contributed by atoms with E-state index in [-0.39, 0.29) is 11.5 Å². The number of ketones is 1. The molecular formula is C27H23BrO6. The smallest absolute Gasteiger partial charge is 0.228 e. The van der Waals surface area contributed by atoms with E-state index in [1.807, 2.05) is 42.5 Å². The first-order valence-electron chi connectivity index (χ1n) is 10.4. The van der Waals surface area contributed by atoms with Gasteiger partial charge in [0, 0.05) is 27.1 Å². The van der Waals surface area contributed by atoms with Crippen molar-refractivity contribution in [3.8, 4) is 23.0 Å². The Balaban J connectivity index is 1.73. The number of methoxy groups -OCH3 is 4. The van der Waals surface area contributed by atoms with Crippen molar-refractivity contribution in [3.63, 3.8) is 0 Å². The lowest BCUT2D eigenvalue weighted by Crippen LogP contribution is -2.03. The molecule has 0 fully saturated rings. The molecule has 1 heterocycles. The summed E-state index contributed by atoms with van der Waals surface area (Å²) >= 11 is 3.56. The molecule has 0 unspecified atom stereocenters. The third kappa shape index (κ3) is 4.52. The Bertz CT molecular complexity index is 1360. The summed E-state index contributed by atoms with van der Waals surface area (Å²) in [7, 11) is 6.11. The fraction of sp³-hybridized carbons (Fsp3) is 0.148. The second-order valence-corrected chi connectivity index (χ2v) is 8.19. The third-order valence-corrected chi connectivity index (χ3v) is 6.09. The number of hydrogen-bond donors (Lipinski definition) is 0. The molecule has 0 amide bonds. The molecule has 174 valence electrons. The van der Waals surface area contributed by atoms with E-state index in [9.17, 15) is 4.79 Å². The monoisotopic (exact) mass is 522 g/mol. The topological polar surface area (TPSA) is 67.1 Å². The van der Waals surface area contributed by atoms with Gasteiger partial charge < -0.3 is 23.4 Å². The summed E-state index contributed by atoms with van der Waals surface area (Å²) in [6, 6.07) is 16.6. The van der Waals surface area contributed by atoms with Crippen LogP contribution in [-0.2, 0) is 0 Å². The minimum Gasteiger partial charge on any atom is -0.496 e. The van der Waals surface area contributed by atoms with Gasteiger partial charge in [0.1, 0.15) is 11.3 Å². The molecule has 7 heteroatoms.